The Balaban J connectivity index is 0.986. The SMILES string of the molecule is CCCCCCCCCCOc1ccccc1C(=O)Oc1ccc(CSP2(=O)OC[C@H]3O[C@@H](n4cnc5c(N)ncnc54)[C@H](OP(=O)(O)OC[C@H]4O[C@@H](n5ccc(=O)[nH]c5=O)[C@H](F)[C@@H]4O2)[C@@H]3F)cc1. The Morgan fingerprint density at radius 2 is 1.59 bits per heavy atom. The Bertz CT molecular complexity index is 2790. The highest BCUT2D eigenvalue weighted by Crippen LogP contribution is 2.65. The number of anilines is 1. The van der Waals surface area contributed by atoms with E-state index in [0.29, 0.717) is 33.9 Å². The monoisotopic (exact) mass is 1020 g/mol. The number of rotatable bonds is 17. The Hall–Kier alpha value is -4.87. The summed E-state index contributed by atoms with van der Waals surface area (Å²) in [5.41, 5.74) is 4.99. The number of nitrogens with two attached hydrogens (primary N) is 1. The molecule has 372 valence electrons. The molecule has 3 fully saturated rings. The summed E-state index contributed by atoms with van der Waals surface area (Å²) in [6.45, 7) is -3.86. The molecule has 0 radical (unpaired) electrons. The first-order chi connectivity index (χ1) is 33.2. The molecule has 0 aliphatic carbocycles. The van der Waals surface area contributed by atoms with Crippen molar-refractivity contribution in [3.05, 3.63) is 105 Å². The van der Waals surface area contributed by atoms with Gasteiger partial charge in [-0.3, -0.25) is 37.0 Å². The topological polar surface area (TPSA) is 270 Å². The number of nitrogens with zero attached hydrogens (tertiary/aromatic N) is 5. The maximum atomic E-state index is 16.6. The molecule has 10 atom stereocenters. The third-order valence-electron chi connectivity index (χ3n) is 11.5. The third kappa shape index (κ3) is 12.2. The molecule has 8 rings (SSSR count). The molecule has 21 nitrogen and oxygen atoms in total. The van der Waals surface area contributed by atoms with E-state index < -0.39 is 94.3 Å². The lowest BCUT2D eigenvalue weighted by Crippen LogP contribution is -2.36. The van der Waals surface area contributed by atoms with Crippen molar-refractivity contribution >= 4 is 49.0 Å². The lowest BCUT2D eigenvalue weighted by Gasteiger charge is -2.27. The van der Waals surface area contributed by atoms with Crippen molar-refractivity contribution in [2.24, 2.45) is 0 Å². The minimum absolute atomic E-state index is 0.0228. The van der Waals surface area contributed by atoms with Gasteiger partial charge >= 0.3 is 26.3 Å². The fraction of sp³-hybridized carbons (Fsp3) is 0.488. The van der Waals surface area contributed by atoms with Crippen LogP contribution < -0.4 is 26.5 Å². The smallest absolute Gasteiger partial charge is 0.472 e. The predicted molar refractivity (Wildman–Crippen MR) is 245 cm³/mol. The van der Waals surface area contributed by atoms with Gasteiger partial charge in [0.15, 0.2) is 36.3 Å². The first-order valence-electron chi connectivity index (χ1n) is 22.3. The van der Waals surface area contributed by atoms with Crippen molar-refractivity contribution < 1.29 is 64.6 Å². The highest BCUT2D eigenvalue weighted by Gasteiger charge is 2.55. The number of alkyl halides is 2. The number of nitrogens with one attached hydrogen (secondary N) is 1. The second-order valence-corrected chi connectivity index (χ2v) is 21.8. The van der Waals surface area contributed by atoms with Gasteiger partial charge in [-0.05, 0) is 47.6 Å². The summed E-state index contributed by atoms with van der Waals surface area (Å²) in [5.74, 6) is -0.230. The Morgan fingerprint density at radius 3 is 2.36 bits per heavy atom. The summed E-state index contributed by atoms with van der Waals surface area (Å²) in [4.78, 5) is 63.0. The molecule has 26 heteroatoms. The van der Waals surface area contributed by atoms with Crippen LogP contribution in [-0.4, -0.2) is 96.5 Å². The average Bonchev–Trinajstić information content (AvgIpc) is 3.99. The average molecular weight is 1020 g/mol. The summed E-state index contributed by atoms with van der Waals surface area (Å²) in [6.07, 6.45) is -2.77. The van der Waals surface area contributed by atoms with E-state index in [2.05, 4.69) is 21.9 Å². The normalized spacial score (nSPS) is 28.3. The number of benzene rings is 2. The van der Waals surface area contributed by atoms with Crippen molar-refractivity contribution in [1.82, 2.24) is 29.1 Å². The number of aromatic amines is 1. The van der Waals surface area contributed by atoms with Gasteiger partial charge in [-0.1, -0.05) is 76.1 Å². The molecule has 3 aliphatic rings. The van der Waals surface area contributed by atoms with E-state index in [9.17, 15) is 28.4 Å². The maximum absolute atomic E-state index is 16.6. The van der Waals surface area contributed by atoms with Gasteiger partial charge in [0.05, 0.1) is 26.1 Å². The summed E-state index contributed by atoms with van der Waals surface area (Å²) in [6, 6.07) is 13.9. The summed E-state index contributed by atoms with van der Waals surface area (Å²) < 4.78 is 109. The summed E-state index contributed by atoms with van der Waals surface area (Å²) in [5, 5.41) is 0. The van der Waals surface area contributed by atoms with Gasteiger partial charge in [0.1, 0.15) is 53.3 Å². The Labute approximate surface area is 397 Å². The van der Waals surface area contributed by atoms with Crippen LogP contribution in [0.2, 0.25) is 0 Å². The second-order valence-electron chi connectivity index (χ2n) is 16.4. The standard InChI is InChI=1S/C43H51F2N7O14P2S/c1-2-3-4-5-6-7-8-11-20-59-29-13-10-9-12-28(29)42(54)62-27-16-14-26(15-17-27)23-69-68(58)61-21-30-33(44)37(41(63-30)52-25-49-35-38(46)47-24-48-39(35)52)65-67(56,57)60-22-31-36(66-68)34(45)40(64-31)51-19-18-32(53)50-43(51)55/h9-10,12-19,24-25,30-31,33-34,36-37,40-41H,2-8,11,20-23H2,1H3,(H,56,57)(H2,46,47,48)(H,50,53,55)/t30-,31-,33-,34-,36-,37-,40-,41-,68?/m1/s1. The number of phosphoric ester groups is 1. The molecule has 0 saturated carbocycles. The molecule has 4 N–H and O–H groups in total. The van der Waals surface area contributed by atoms with Crippen LogP contribution in [0.25, 0.3) is 11.2 Å². The lowest BCUT2D eigenvalue weighted by atomic mass is 10.1. The molecule has 2 unspecified atom stereocenters. The maximum Gasteiger partial charge on any atom is 0.472 e. The van der Waals surface area contributed by atoms with Crippen LogP contribution in [0.4, 0.5) is 14.6 Å². The number of ether oxygens (including phenoxy) is 4. The third-order valence-corrected chi connectivity index (χ3v) is 16.1. The van der Waals surface area contributed by atoms with E-state index in [0.717, 1.165) is 37.9 Å². The van der Waals surface area contributed by atoms with Crippen LogP contribution in [0.15, 0.2) is 83.0 Å². The van der Waals surface area contributed by atoms with E-state index in [4.69, 9.17) is 42.8 Å². The van der Waals surface area contributed by atoms with Crippen LogP contribution in [0.1, 0.15) is 86.7 Å². The van der Waals surface area contributed by atoms with Crippen molar-refractivity contribution in [3.8, 4) is 11.5 Å². The molecule has 2 aromatic carbocycles. The molecule has 3 saturated heterocycles. The van der Waals surface area contributed by atoms with E-state index in [-0.39, 0.29) is 34.0 Å². The van der Waals surface area contributed by atoms with E-state index in [1.807, 2.05) is 4.98 Å². The number of para-hydroxylation sites is 1. The molecular formula is C43H51F2N7O14P2S. The van der Waals surface area contributed by atoms with Crippen molar-refractivity contribution in [2.75, 3.05) is 25.6 Å². The summed E-state index contributed by atoms with van der Waals surface area (Å²) in [7, 11) is -5.29. The van der Waals surface area contributed by atoms with Crippen LogP contribution in [-0.2, 0) is 42.5 Å². The zero-order chi connectivity index (χ0) is 48.7. The van der Waals surface area contributed by atoms with Gasteiger partial charge < -0.3 is 29.6 Å². The second kappa shape index (κ2) is 22.5. The van der Waals surface area contributed by atoms with Gasteiger partial charge in [0, 0.05) is 18.0 Å². The largest absolute Gasteiger partial charge is 0.493 e. The number of nitrogen functional groups attached to an aromatic ring is 1. The fourth-order valence-electron chi connectivity index (χ4n) is 7.94. The number of fused-ring (bicyclic) bond motifs is 4. The highest BCUT2D eigenvalue weighted by atomic mass is 32.7. The first-order valence-corrected chi connectivity index (χ1v) is 26.9. The molecular weight excluding hydrogens is 971 g/mol. The molecule has 0 spiro atoms. The Morgan fingerprint density at radius 1 is 0.870 bits per heavy atom. The van der Waals surface area contributed by atoms with Gasteiger partial charge in [0.25, 0.3) is 5.56 Å². The number of carbonyl (C=O) groups is 1. The van der Waals surface area contributed by atoms with Gasteiger partial charge in [0.2, 0.25) is 0 Å². The highest BCUT2D eigenvalue weighted by molar-refractivity contribution is 8.54. The quantitative estimate of drug-likeness (QED) is 0.0362. The number of halogens is 2. The van der Waals surface area contributed by atoms with Gasteiger partial charge in [-0.2, -0.15) is 0 Å². The van der Waals surface area contributed by atoms with E-state index >= 15 is 8.78 Å². The number of hydrogen-bond acceptors (Lipinski definition) is 18. The number of carbonyl (C=O) groups excluding carboxylic acids is 1. The molecule has 5 aromatic rings. The molecule has 6 heterocycles. The van der Waals surface area contributed by atoms with Crippen molar-refractivity contribution in [3.63, 3.8) is 0 Å². The number of unbranched alkanes of at least 4 members (excludes halogenated alkanes) is 7. The minimum atomic E-state index is -5.29. The lowest BCUT2D eigenvalue weighted by molar-refractivity contribution is -0.0640. The minimum Gasteiger partial charge on any atom is -0.493 e. The van der Waals surface area contributed by atoms with Crippen LogP contribution in [0, 0.1) is 0 Å². The molecule has 0 amide bonds. The zero-order valence-electron chi connectivity index (χ0n) is 37.2. The van der Waals surface area contributed by atoms with Crippen LogP contribution >= 0.6 is 26.0 Å². The van der Waals surface area contributed by atoms with Crippen LogP contribution in [0.3, 0.4) is 0 Å². The first kappa shape index (κ1) is 50.5. The number of aromatic nitrogens is 6. The summed E-state index contributed by atoms with van der Waals surface area (Å²) >= 11 is 0.574. The number of hydrogen-bond donors (Lipinski definition) is 3. The Kier molecular flexibility index (Phi) is 16.5. The molecule has 69 heavy (non-hydrogen) atoms. The van der Waals surface area contributed by atoms with E-state index in [1.165, 1.54) is 55.1 Å². The van der Waals surface area contributed by atoms with E-state index in [1.54, 1.807) is 36.4 Å². The number of phosphoric acid groups is 1. The number of esters is 1. The predicted octanol–water partition coefficient (Wildman–Crippen LogP) is 7.13. The van der Waals surface area contributed by atoms with Gasteiger partial charge in [-0.15, -0.1) is 0 Å². The van der Waals surface area contributed by atoms with Crippen molar-refractivity contribution in [1.29, 1.82) is 0 Å². The zero-order valence-corrected chi connectivity index (χ0v) is 39.8. The molecule has 3 aliphatic heterocycles. The molecule has 2 bridgehead atoms. The van der Waals surface area contributed by atoms with Gasteiger partial charge in [-0.25, -0.2) is 42.5 Å². The molecule has 3 aromatic heterocycles. The fourth-order valence-corrected chi connectivity index (χ4v) is 12.2. The number of imidazole rings is 1. The number of H-pyrrole nitrogens is 1. The van der Waals surface area contributed by atoms with Crippen molar-refractivity contribution in [2.45, 2.75) is 113 Å². The van der Waals surface area contributed by atoms with Crippen LogP contribution in [0.5, 0.6) is 11.5 Å².